The van der Waals surface area contributed by atoms with E-state index >= 15 is 0 Å². The Labute approximate surface area is 114 Å². The number of hydrogen-bond donors (Lipinski definition) is 1. The maximum absolute atomic E-state index is 13.2. The molecule has 0 saturated carbocycles. The summed E-state index contributed by atoms with van der Waals surface area (Å²) in [6.45, 7) is 4.00. The number of aromatic hydroxyl groups is 1. The highest BCUT2D eigenvalue weighted by atomic mass is 19.1. The molecule has 0 atom stereocenters. The summed E-state index contributed by atoms with van der Waals surface area (Å²) in [5.41, 5.74) is 1.79. The Kier molecular flexibility index (Phi) is 2.81. The van der Waals surface area contributed by atoms with Gasteiger partial charge in [0, 0.05) is 17.3 Å². The fourth-order valence-corrected chi connectivity index (χ4v) is 1.95. The second-order valence-electron chi connectivity index (χ2n) is 4.73. The normalized spacial score (nSPS) is 11.4. The van der Waals surface area contributed by atoms with Crippen molar-refractivity contribution >= 4 is 5.65 Å². The topological polar surface area (TPSA) is 76.2 Å². The summed E-state index contributed by atoms with van der Waals surface area (Å²) in [5, 5.41) is 14.0. The molecule has 0 radical (unpaired) electrons. The molecule has 0 unspecified atom stereocenters. The molecule has 3 rings (SSSR count). The summed E-state index contributed by atoms with van der Waals surface area (Å²) in [7, 11) is 0. The number of aromatic nitrogens is 5. The molecule has 0 fully saturated rings. The van der Waals surface area contributed by atoms with Crippen LogP contribution >= 0.6 is 0 Å². The number of hydrogen-bond acceptors (Lipinski definition) is 5. The number of pyridine rings is 1. The molecule has 0 aromatic carbocycles. The SMILES string of the molecule is CC(C)c1cnn2c(O)nc(-c3cncc(F)c3)nc12. The molecule has 0 spiro atoms. The Morgan fingerprint density at radius 1 is 1.20 bits per heavy atom. The highest BCUT2D eigenvalue weighted by Crippen LogP contribution is 2.24. The molecule has 102 valence electrons. The zero-order chi connectivity index (χ0) is 14.3. The van der Waals surface area contributed by atoms with E-state index in [1.165, 1.54) is 16.8 Å². The van der Waals surface area contributed by atoms with Crippen LogP contribution in [0.5, 0.6) is 6.01 Å². The summed E-state index contributed by atoms with van der Waals surface area (Å²) in [6, 6.07) is 0.977. The molecule has 6 nitrogen and oxygen atoms in total. The van der Waals surface area contributed by atoms with E-state index in [-0.39, 0.29) is 17.8 Å². The van der Waals surface area contributed by atoms with Crippen LogP contribution in [0, 0.1) is 5.82 Å². The van der Waals surface area contributed by atoms with Gasteiger partial charge in [0.1, 0.15) is 5.82 Å². The van der Waals surface area contributed by atoms with E-state index in [0.29, 0.717) is 11.2 Å². The maximum Gasteiger partial charge on any atom is 0.319 e. The standard InChI is InChI=1S/C13H12FN5O/c1-7(2)10-6-16-19-12(10)17-11(18-13(19)20)8-3-9(14)5-15-4-8/h3-7H,1-2H3,(H,17,18,20). The largest absolute Gasteiger partial charge is 0.479 e. The first-order valence-corrected chi connectivity index (χ1v) is 6.12. The fraction of sp³-hybridized carbons (Fsp3) is 0.231. The smallest absolute Gasteiger partial charge is 0.319 e. The molecule has 3 heterocycles. The average molecular weight is 273 g/mol. The van der Waals surface area contributed by atoms with Crippen molar-refractivity contribution in [2.75, 3.05) is 0 Å². The minimum Gasteiger partial charge on any atom is -0.479 e. The van der Waals surface area contributed by atoms with Gasteiger partial charge in [-0.2, -0.15) is 14.6 Å². The summed E-state index contributed by atoms with van der Waals surface area (Å²) in [6.07, 6.45) is 4.18. The first kappa shape index (κ1) is 12.5. The molecule has 3 aromatic heterocycles. The quantitative estimate of drug-likeness (QED) is 0.774. The van der Waals surface area contributed by atoms with Crippen LogP contribution in [-0.4, -0.2) is 29.7 Å². The lowest BCUT2D eigenvalue weighted by atomic mass is 10.1. The van der Waals surface area contributed by atoms with Crippen molar-refractivity contribution in [3.63, 3.8) is 0 Å². The van der Waals surface area contributed by atoms with Gasteiger partial charge in [-0.1, -0.05) is 13.8 Å². The summed E-state index contributed by atoms with van der Waals surface area (Å²) >= 11 is 0. The average Bonchev–Trinajstić information content (AvgIpc) is 2.83. The van der Waals surface area contributed by atoms with Gasteiger partial charge in [-0.25, -0.2) is 9.37 Å². The van der Waals surface area contributed by atoms with E-state index in [1.807, 2.05) is 13.8 Å². The lowest BCUT2D eigenvalue weighted by molar-refractivity contribution is 0.412. The highest BCUT2D eigenvalue weighted by molar-refractivity contribution is 5.59. The van der Waals surface area contributed by atoms with E-state index in [1.54, 1.807) is 6.20 Å². The third-order valence-corrected chi connectivity index (χ3v) is 2.96. The van der Waals surface area contributed by atoms with Crippen molar-refractivity contribution in [2.45, 2.75) is 19.8 Å². The van der Waals surface area contributed by atoms with Crippen LogP contribution in [0.4, 0.5) is 4.39 Å². The van der Waals surface area contributed by atoms with Crippen LogP contribution in [0.2, 0.25) is 0 Å². The third kappa shape index (κ3) is 1.97. The van der Waals surface area contributed by atoms with Gasteiger partial charge in [-0.3, -0.25) is 4.98 Å². The lowest BCUT2D eigenvalue weighted by Gasteiger charge is -2.05. The van der Waals surface area contributed by atoms with Crippen molar-refractivity contribution in [2.24, 2.45) is 0 Å². The lowest BCUT2D eigenvalue weighted by Crippen LogP contribution is -2.00. The summed E-state index contributed by atoms with van der Waals surface area (Å²) in [4.78, 5) is 12.0. The van der Waals surface area contributed by atoms with E-state index in [0.717, 1.165) is 11.8 Å². The van der Waals surface area contributed by atoms with E-state index in [9.17, 15) is 9.50 Å². The fourth-order valence-electron chi connectivity index (χ4n) is 1.95. The van der Waals surface area contributed by atoms with Crippen LogP contribution in [0.15, 0.2) is 24.7 Å². The monoisotopic (exact) mass is 273 g/mol. The van der Waals surface area contributed by atoms with Crippen LogP contribution in [0.3, 0.4) is 0 Å². The number of fused-ring (bicyclic) bond motifs is 1. The molecule has 3 aromatic rings. The molecular weight excluding hydrogens is 261 g/mol. The Hall–Kier alpha value is -2.57. The number of nitrogens with zero attached hydrogens (tertiary/aromatic N) is 5. The van der Waals surface area contributed by atoms with E-state index in [4.69, 9.17) is 0 Å². The molecule has 7 heteroatoms. The Morgan fingerprint density at radius 3 is 2.70 bits per heavy atom. The van der Waals surface area contributed by atoms with Gasteiger partial charge in [0.25, 0.3) is 0 Å². The van der Waals surface area contributed by atoms with E-state index < -0.39 is 5.82 Å². The predicted octanol–water partition coefficient (Wildman–Crippen LogP) is 2.15. The molecule has 0 aliphatic rings. The Morgan fingerprint density at radius 2 is 2.00 bits per heavy atom. The predicted molar refractivity (Wildman–Crippen MR) is 69.7 cm³/mol. The van der Waals surface area contributed by atoms with Gasteiger partial charge in [-0.05, 0) is 12.0 Å². The van der Waals surface area contributed by atoms with Gasteiger partial charge in [0.05, 0.1) is 12.4 Å². The second kappa shape index (κ2) is 4.52. The van der Waals surface area contributed by atoms with Gasteiger partial charge < -0.3 is 5.11 Å². The first-order chi connectivity index (χ1) is 9.56. The third-order valence-electron chi connectivity index (χ3n) is 2.96. The van der Waals surface area contributed by atoms with Gasteiger partial charge in [-0.15, -0.1) is 0 Å². The summed E-state index contributed by atoms with van der Waals surface area (Å²) < 4.78 is 14.5. The van der Waals surface area contributed by atoms with Gasteiger partial charge >= 0.3 is 6.01 Å². The molecule has 0 saturated heterocycles. The molecule has 0 aliphatic carbocycles. The molecule has 0 aliphatic heterocycles. The van der Waals surface area contributed by atoms with Crippen molar-refractivity contribution in [3.05, 3.63) is 36.0 Å². The number of halogens is 1. The van der Waals surface area contributed by atoms with Crippen LogP contribution < -0.4 is 0 Å². The molecule has 20 heavy (non-hydrogen) atoms. The van der Waals surface area contributed by atoms with Gasteiger partial charge in [0.2, 0.25) is 0 Å². The van der Waals surface area contributed by atoms with Crippen molar-refractivity contribution in [1.29, 1.82) is 0 Å². The molecule has 0 bridgehead atoms. The summed E-state index contributed by atoms with van der Waals surface area (Å²) in [5.74, 6) is -0.0762. The van der Waals surface area contributed by atoms with Gasteiger partial charge in [0.15, 0.2) is 11.5 Å². The zero-order valence-electron chi connectivity index (χ0n) is 10.9. The van der Waals surface area contributed by atoms with Crippen molar-refractivity contribution in [1.82, 2.24) is 24.6 Å². The molecule has 0 amide bonds. The van der Waals surface area contributed by atoms with Crippen molar-refractivity contribution < 1.29 is 9.50 Å². The maximum atomic E-state index is 13.2. The molecular formula is C13H12FN5O. The highest BCUT2D eigenvalue weighted by Gasteiger charge is 2.15. The van der Waals surface area contributed by atoms with Crippen LogP contribution in [-0.2, 0) is 0 Å². The number of rotatable bonds is 2. The first-order valence-electron chi connectivity index (χ1n) is 6.12. The zero-order valence-corrected chi connectivity index (χ0v) is 10.9. The van der Waals surface area contributed by atoms with Crippen molar-refractivity contribution in [3.8, 4) is 17.4 Å². The van der Waals surface area contributed by atoms with Crippen LogP contribution in [0.1, 0.15) is 25.3 Å². The Balaban J connectivity index is 2.25. The molecule has 1 N–H and O–H groups in total. The minimum absolute atomic E-state index is 0.195. The Bertz CT molecular complexity index is 784. The van der Waals surface area contributed by atoms with E-state index in [2.05, 4.69) is 20.1 Å². The van der Waals surface area contributed by atoms with Crippen LogP contribution in [0.25, 0.3) is 17.0 Å². The second-order valence-corrected chi connectivity index (χ2v) is 4.73. The minimum atomic E-state index is -0.483.